The van der Waals surface area contributed by atoms with E-state index in [0.717, 1.165) is 26.9 Å². The number of nitrogens with zero attached hydrogens (tertiary/aromatic N) is 1. The topological polar surface area (TPSA) is 92.8 Å². The third-order valence-corrected chi connectivity index (χ3v) is 5.94. The van der Waals surface area contributed by atoms with Crippen molar-refractivity contribution in [1.29, 1.82) is 0 Å². The first-order chi connectivity index (χ1) is 16.4. The molecule has 34 heavy (non-hydrogen) atoms. The lowest BCUT2D eigenvalue weighted by atomic mass is 10.1. The van der Waals surface area contributed by atoms with Gasteiger partial charge in [-0.25, -0.2) is 4.79 Å². The smallest absolute Gasteiger partial charge is 0.338 e. The summed E-state index contributed by atoms with van der Waals surface area (Å²) in [7, 11) is 0. The molecule has 1 aliphatic rings. The molecule has 3 aromatic carbocycles. The van der Waals surface area contributed by atoms with E-state index in [1.165, 1.54) is 18.2 Å². The Morgan fingerprint density at radius 2 is 1.68 bits per heavy atom. The fourth-order valence-corrected chi connectivity index (χ4v) is 4.11. The van der Waals surface area contributed by atoms with Gasteiger partial charge in [0.2, 0.25) is 0 Å². The monoisotopic (exact) mass is 520 g/mol. The SMILES string of the molecule is CCc1cc(Br)ccc1NC(=O)COC(=O)c1ccc2c(c1)C(=O)N(Cc1ccccc1)C2=O. The fourth-order valence-electron chi connectivity index (χ4n) is 3.70. The van der Waals surface area contributed by atoms with Gasteiger partial charge in [0.1, 0.15) is 0 Å². The zero-order chi connectivity index (χ0) is 24.2. The molecule has 3 amide bonds. The molecule has 7 nitrogen and oxygen atoms in total. The number of hydrogen-bond acceptors (Lipinski definition) is 5. The molecule has 1 aliphatic heterocycles. The Morgan fingerprint density at radius 3 is 2.41 bits per heavy atom. The number of aryl methyl sites for hydroxylation is 1. The number of nitrogens with one attached hydrogen (secondary N) is 1. The van der Waals surface area contributed by atoms with Crippen LogP contribution in [0.25, 0.3) is 0 Å². The van der Waals surface area contributed by atoms with E-state index in [0.29, 0.717) is 5.69 Å². The number of imide groups is 1. The van der Waals surface area contributed by atoms with Gasteiger partial charge in [-0.1, -0.05) is 53.2 Å². The van der Waals surface area contributed by atoms with E-state index >= 15 is 0 Å². The van der Waals surface area contributed by atoms with Gasteiger partial charge >= 0.3 is 5.97 Å². The van der Waals surface area contributed by atoms with Gasteiger partial charge in [-0.3, -0.25) is 19.3 Å². The molecule has 0 aromatic heterocycles. The van der Waals surface area contributed by atoms with E-state index in [1.807, 2.05) is 49.4 Å². The molecule has 8 heteroatoms. The summed E-state index contributed by atoms with van der Waals surface area (Å²) in [6.07, 6.45) is 0.720. The molecule has 0 aliphatic carbocycles. The van der Waals surface area contributed by atoms with Crippen LogP contribution in [0.5, 0.6) is 0 Å². The van der Waals surface area contributed by atoms with Gasteiger partial charge in [-0.15, -0.1) is 0 Å². The summed E-state index contributed by atoms with van der Waals surface area (Å²) in [6, 6.07) is 18.9. The van der Waals surface area contributed by atoms with E-state index in [9.17, 15) is 19.2 Å². The maximum atomic E-state index is 12.8. The lowest BCUT2D eigenvalue weighted by molar-refractivity contribution is -0.119. The first kappa shape index (κ1) is 23.4. The van der Waals surface area contributed by atoms with Crippen molar-refractivity contribution >= 4 is 45.3 Å². The minimum absolute atomic E-state index is 0.0900. The molecule has 0 bridgehead atoms. The van der Waals surface area contributed by atoms with Crippen LogP contribution in [0.1, 0.15) is 49.1 Å². The molecule has 172 valence electrons. The molecule has 1 N–H and O–H groups in total. The highest BCUT2D eigenvalue weighted by Crippen LogP contribution is 2.26. The highest BCUT2D eigenvalue weighted by molar-refractivity contribution is 9.10. The van der Waals surface area contributed by atoms with Crippen molar-refractivity contribution in [3.63, 3.8) is 0 Å². The molecule has 3 aromatic rings. The summed E-state index contributed by atoms with van der Waals surface area (Å²) < 4.78 is 6.04. The van der Waals surface area contributed by atoms with Gasteiger partial charge in [0.15, 0.2) is 6.61 Å². The average Bonchev–Trinajstić information content (AvgIpc) is 3.08. The minimum Gasteiger partial charge on any atom is -0.452 e. The van der Waals surface area contributed by atoms with Crippen LogP contribution in [0.4, 0.5) is 5.69 Å². The number of rotatable bonds is 7. The van der Waals surface area contributed by atoms with Crippen molar-refractivity contribution in [2.24, 2.45) is 0 Å². The lowest BCUT2D eigenvalue weighted by Gasteiger charge is -2.13. The van der Waals surface area contributed by atoms with Crippen molar-refractivity contribution in [1.82, 2.24) is 4.90 Å². The minimum atomic E-state index is -0.758. The zero-order valence-electron chi connectivity index (χ0n) is 18.3. The van der Waals surface area contributed by atoms with Gasteiger partial charge in [-0.2, -0.15) is 0 Å². The van der Waals surface area contributed by atoms with E-state index in [4.69, 9.17) is 4.74 Å². The van der Waals surface area contributed by atoms with Crippen LogP contribution in [0.3, 0.4) is 0 Å². The second kappa shape index (κ2) is 10.0. The second-order valence-electron chi connectivity index (χ2n) is 7.72. The highest BCUT2D eigenvalue weighted by atomic mass is 79.9. The van der Waals surface area contributed by atoms with Crippen LogP contribution in [0, 0.1) is 0 Å². The average molecular weight is 521 g/mol. The Morgan fingerprint density at radius 1 is 0.941 bits per heavy atom. The van der Waals surface area contributed by atoms with Gasteiger partial charge < -0.3 is 10.1 Å². The van der Waals surface area contributed by atoms with Crippen molar-refractivity contribution in [2.45, 2.75) is 19.9 Å². The number of hydrogen-bond donors (Lipinski definition) is 1. The summed E-state index contributed by atoms with van der Waals surface area (Å²) in [5.41, 5.74) is 2.87. The Balaban J connectivity index is 1.41. The van der Waals surface area contributed by atoms with Crippen molar-refractivity contribution in [3.05, 3.63) is 99.0 Å². The summed E-state index contributed by atoms with van der Waals surface area (Å²) in [5, 5.41) is 2.74. The largest absolute Gasteiger partial charge is 0.452 e. The molecular weight excluding hydrogens is 500 g/mol. The maximum Gasteiger partial charge on any atom is 0.338 e. The van der Waals surface area contributed by atoms with Crippen molar-refractivity contribution in [2.75, 3.05) is 11.9 Å². The summed E-state index contributed by atoms with van der Waals surface area (Å²) in [6.45, 7) is 1.63. The van der Waals surface area contributed by atoms with Crippen LogP contribution >= 0.6 is 15.9 Å². The number of esters is 1. The molecule has 0 spiro atoms. The number of halogens is 1. The first-order valence-electron chi connectivity index (χ1n) is 10.7. The van der Waals surface area contributed by atoms with Crippen molar-refractivity contribution < 1.29 is 23.9 Å². The normalized spacial score (nSPS) is 12.5. The zero-order valence-corrected chi connectivity index (χ0v) is 19.9. The van der Waals surface area contributed by atoms with Crippen LogP contribution in [-0.2, 0) is 22.5 Å². The Labute approximate surface area is 204 Å². The highest BCUT2D eigenvalue weighted by Gasteiger charge is 2.36. The quantitative estimate of drug-likeness (QED) is 0.363. The van der Waals surface area contributed by atoms with E-state index in [1.54, 1.807) is 6.07 Å². The Hall–Kier alpha value is -3.78. The Bertz CT molecular complexity index is 1290. The van der Waals surface area contributed by atoms with Crippen LogP contribution < -0.4 is 5.32 Å². The molecule has 0 saturated heterocycles. The third kappa shape index (κ3) is 4.92. The fraction of sp³-hybridized carbons (Fsp3) is 0.154. The van der Waals surface area contributed by atoms with Gasteiger partial charge in [-0.05, 0) is 53.9 Å². The molecule has 1 heterocycles. The van der Waals surface area contributed by atoms with Crippen LogP contribution in [0.15, 0.2) is 71.2 Å². The van der Waals surface area contributed by atoms with Crippen LogP contribution in [-0.4, -0.2) is 35.2 Å². The summed E-state index contributed by atoms with van der Waals surface area (Å²) >= 11 is 3.40. The number of anilines is 1. The predicted molar refractivity (Wildman–Crippen MR) is 130 cm³/mol. The molecule has 0 fully saturated rings. The van der Waals surface area contributed by atoms with E-state index < -0.39 is 30.3 Å². The third-order valence-electron chi connectivity index (χ3n) is 5.45. The number of carbonyl (C=O) groups excluding carboxylic acids is 4. The predicted octanol–water partition coefficient (Wildman–Crippen LogP) is 4.60. The molecule has 0 atom stereocenters. The maximum absolute atomic E-state index is 12.8. The Kier molecular flexibility index (Phi) is 6.88. The van der Waals surface area contributed by atoms with Crippen LogP contribution in [0.2, 0.25) is 0 Å². The van der Waals surface area contributed by atoms with Gasteiger partial charge in [0.25, 0.3) is 17.7 Å². The molecule has 4 rings (SSSR count). The molecule has 0 unspecified atom stereocenters. The number of ether oxygens (including phenoxy) is 1. The molecule has 0 saturated carbocycles. The van der Waals surface area contributed by atoms with E-state index in [-0.39, 0.29) is 23.2 Å². The standard InChI is InChI=1S/C26H21BrN2O5/c1-2-17-12-19(27)9-11-22(17)28-23(30)15-34-26(33)18-8-10-20-21(13-18)25(32)29(24(20)31)14-16-6-4-3-5-7-16/h3-13H,2,14-15H2,1H3,(H,28,30). The second-order valence-corrected chi connectivity index (χ2v) is 8.64. The summed E-state index contributed by atoms with van der Waals surface area (Å²) in [4.78, 5) is 51.5. The van der Waals surface area contributed by atoms with Crippen molar-refractivity contribution in [3.8, 4) is 0 Å². The first-order valence-corrected chi connectivity index (χ1v) is 11.5. The number of benzene rings is 3. The van der Waals surface area contributed by atoms with E-state index in [2.05, 4.69) is 21.2 Å². The molecule has 0 radical (unpaired) electrons. The lowest BCUT2D eigenvalue weighted by Crippen LogP contribution is -2.29. The molecular formula is C26H21BrN2O5. The van der Waals surface area contributed by atoms with Gasteiger partial charge in [0, 0.05) is 10.2 Å². The number of fused-ring (bicyclic) bond motifs is 1. The number of amides is 3. The number of carbonyl (C=O) groups is 4. The summed E-state index contributed by atoms with van der Waals surface area (Å²) in [5.74, 6) is -2.12. The van der Waals surface area contributed by atoms with Gasteiger partial charge in [0.05, 0.1) is 23.2 Å².